The van der Waals surface area contributed by atoms with Crippen LogP contribution in [0.1, 0.15) is 21.6 Å². The summed E-state index contributed by atoms with van der Waals surface area (Å²) in [6.45, 7) is 0.903. The van der Waals surface area contributed by atoms with E-state index in [4.69, 9.17) is 16.3 Å². The summed E-state index contributed by atoms with van der Waals surface area (Å²) in [5, 5.41) is 8.20. The molecular formula is C25H27ClN4O4S. The highest BCUT2D eigenvalue weighted by Gasteiger charge is 2.19. The number of aromatic nitrogens is 1. The van der Waals surface area contributed by atoms with Crippen molar-refractivity contribution < 1.29 is 19.1 Å². The molecule has 0 saturated carbocycles. The number of rotatable bonds is 12. The fourth-order valence-electron chi connectivity index (χ4n) is 3.22. The second-order valence-electron chi connectivity index (χ2n) is 7.68. The number of hydrogen-bond acceptors (Lipinski definition) is 6. The highest BCUT2D eigenvalue weighted by atomic mass is 35.5. The van der Waals surface area contributed by atoms with Gasteiger partial charge in [-0.25, -0.2) is 4.98 Å². The van der Waals surface area contributed by atoms with Gasteiger partial charge in [0.15, 0.2) is 5.13 Å². The van der Waals surface area contributed by atoms with Gasteiger partial charge in [-0.3, -0.25) is 14.4 Å². The van der Waals surface area contributed by atoms with Crippen molar-refractivity contribution >= 4 is 45.8 Å². The fraction of sp³-hybridized carbons (Fsp3) is 0.280. The van der Waals surface area contributed by atoms with Crippen LogP contribution < -0.4 is 10.6 Å². The molecule has 0 spiro atoms. The Kier molecular flexibility index (Phi) is 10.2. The molecule has 0 atom stereocenters. The molecule has 2 N–H and O–H groups in total. The van der Waals surface area contributed by atoms with Gasteiger partial charge in [-0.05, 0) is 36.2 Å². The Hall–Kier alpha value is -3.27. The van der Waals surface area contributed by atoms with Crippen LogP contribution in [0.4, 0.5) is 5.13 Å². The molecule has 3 rings (SSSR count). The van der Waals surface area contributed by atoms with E-state index in [1.807, 2.05) is 30.3 Å². The first-order valence-corrected chi connectivity index (χ1v) is 12.3. The van der Waals surface area contributed by atoms with Crippen molar-refractivity contribution in [2.45, 2.75) is 12.8 Å². The molecule has 0 radical (unpaired) electrons. The number of hydrogen-bond donors (Lipinski definition) is 2. The Morgan fingerprint density at radius 3 is 2.51 bits per heavy atom. The maximum absolute atomic E-state index is 12.8. The molecule has 0 bridgehead atoms. The van der Waals surface area contributed by atoms with Crippen LogP contribution in [0.5, 0.6) is 0 Å². The quantitative estimate of drug-likeness (QED) is 0.385. The third kappa shape index (κ3) is 8.79. The molecule has 0 unspecified atom stereocenters. The van der Waals surface area contributed by atoms with Gasteiger partial charge in [0.2, 0.25) is 11.8 Å². The smallest absolute Gasteiger partial charge is 0.254 e. The van der Waals surface area contributed by atoms with Crippen molar-refractivity contribution in [3.63, 3.8) is 0 Å². The lowest BCUT2D eigenvalue weighted by atomic mass is 10.1. The van der Waals surface area contributed by atoms with Gasteiger partial charge < -0.3 is 20.3 Å². The maximum Gasteiger partial charge on any atom is 0.254 e. The predicted octanol–water partition coefficient (Wildman–Crippen LogP) is 3.43. The van der Waals surface area contributed by atoms with E-state index in [1.54, 1.807) is 29.6 Å². The number of nitrogens with zero attached hydrogens (tertiary/aromatic N) is 2. The van der Waals surface area contributed by atoms with E-state index in [2.05, 4.69) is 15.6 Å². The van der Waals surface area contributed by atoms with E-state index < -0.39 is 5.91 Å². The SMILES string of the molecule is COCCN(CC(=O)Nc1nc(CC(=O)NCCc2ccccc2)cs1)C(=O)c1ccc(Cl)cc1. The lowest BCUT2D eigenvalue weighted by Gasteiger charge is -2.21. The second-order valence-corrected chi connectivity index (χ2v) is 8.98. The molecule has 184 valence electrons. The average Bonchev–Trinajstić information content (AvgIpc) is 3.28. The molecule has 0 aliphatic heterocycles. The number of methoxy groups -OCH3 is 1. The van der Waals surface area contributed by atoms with Gasteiger partial charge >= 0.3 is 0 Å². The maximum atomic E-state index is 12.8. The Labute approximate surface area is 213 Å². The molecule has 2 aromatic carbocycles. The number of benzene rings is 2. The molecular weight excluding hydrogens is 488 g/mol. The van der Waals surface area contributed by atoms with Crippen molar-refractivity contribution in [1.29, 1.82) is 0 Å². The highest BCUT2D eigenvalue weighted by molar-refractivity contribution is 7.13. The molecule has 0 aliphatic carbocycles. The number of carbonyl (C=O) groups is 3. The molecule has 3 aromatic rings. The van der Waals surface area contributed by atoms with Gasteiger partial charge in [-0.2, -0.15) is 0 Å². The zero-order valence-electron chi connectivity index (χ0n) is 19.3. The van der Waals surface area contributed by atoms with Crippen LogP contribution in [0.15, 0.2) is 60.0 Å². The summed E-state index contributed by atoms with van der Waals surface area (Å²) >= 11 is 7.12. The van der Waals surface area contributed by atoms with Crippen molar-refractivity contribution in [3.8, 4) is 0 Å². The molecule has 0 aliphatic rings. The zero-order valence-corrected chi connectivity index (χ0v) is 20.9. The Bertz CT molecular complexity index is 1120. The topological polar surface area (TPSA) is 101 Å². The van der Waals surface area contributed by atoms with Crippen molar-refractivity contribution in [2.24, 2.45) is 0 Å². The van der Waals surface area contributed by atoms with Crippen LogP contribution in [0.3, 0.4) is 0 Å². The summed E-state index contributed by atoms with van der Waals surface area (Å²) in [6.07, 6.45) is 0.870. The summed E-state index contributed by atoms with van der Waals surface area (Å²) in [6, 6.07) is 16.4. The van der Waals surface area contributed by atoms with Crippen LogP contribution in [-0.4, -0.2) is 61.0 Å². The lowest BCUT2D eigenvalue weighted by Crippen LogP contribution is -2.40. The van der Waals surface area contributed by atoms with Crippen LogP contribution in [0.2, 0.25) is 5.02 Å². The Balaban J connectivity index is 1.49. The first-order valence-electron chi connectivity index (χ1n) is 11.0. The molecule has 1 heterocycles. The average molecular weight is 515 g/mol. The second kappa shape index (κ2) is 13.6. The Morgan fingerprint density at radius 1 is 1.06 bits per heavy atom. The van der Waals surface area contributed by atoms with Gasteiger partial charge in [0.1, 0.15) is 6.54 Å². The third-order valence-electron chi connectivity index (χ3n) is 5.00. The van der Waals surface area contributed by atoms with E-state index in [0.29, 0.717) is 28.0 Å². The van der Waals surface area contributed by atoms with Crippen LogP contribution in [0.25, 0.3) is 0 Å². The first-order chi connectivity index (χ1) is 16.9. The van der Waals surface area contributed by atoms with Crippen LogP contribution in [-0.2, 0) is 27.2 Å². The number of amides is 3. The fourth-order valence-corrected chi connectivity index (χ4v) is 4.08. The van der Waals surface area contributed by atoms with Gasteiger partial charge in [0.25, 0.3) is 5.91 Å². The number of thiazole rings is 1. The number of anilines is 1. The van der Waals surface area contributed by atoms with Crippen molar-refractivity contribution in [3.05, 3.63) is 81.8 Å². The van der Waals surface area contributed by atoms with Gasteiger partial charge in [-0.15, -0.1) is 11.3 Å². The van der Waals surface area contributed by atoms with Gasteiger partial charge in [0.05, 0.1) is 18.7 Å². The monoisotopic (exact) mass is 514 g/mol. The summed E-state index contributed by atoms with van der Waals surface area (Å²) in [7, 11) is 1.53. The molecule has 1 aromatic heterocycles. The van der Waals surface area contributed by atoms with E-state index >= 15 is 0 Å². The largest absolute Gasteiger partial charge is 0.383 e. The number of ether oxygens (including phenoxy) is 1. The minimum atomic E-state index is -0.392. The molecule has 3 amide bonds. The van der Waals surface area contributed by atoms with Gasteiger partial charge in [0, 0.05) is 36.2 Å². The van der Waals surface area contributed by atoms with Crippen molar-refractivity contribution in [1.82, 2.24) is 15.2 Å². The molecule has 0 fully saturated rings. The van der Waals surface area contributed by atoms with Crippen molar-refractivity contribution in [2.75, 3.05) is 38.7 Å². The van der Waals surface area contributed by atoms with E-state index in [9.17, 15) is 14.4 Å². The van der Waals surface area contributed by atoms with E-state index in [-0.39, 0.29) is 37.9 Å². The molecule has 10 heteroatoms. The summed E-state index contributed by atoms with van der Waals surface area (Å²) in [5.41, 5.74) is 2.14. The first kappa shape index (κ1) is 26.3. The standard InChI is InChI=1S/C25H27ClN4O4S/c1-34-14-13-30(24(33)19-7-9-20(26)10-8-19)16-23(32)29-25-28-21(17-35-25)15-22(31)27-12-11-18-5-3-2-4-6-18/h2-10,17H,11-16H2,1H3,(H,27,31)(H,28,29,32). The zero-order chi connectivity index (χ0) is 25.0. The number of carbonyl (C=O) groups excluding carboxylic acids is 3. The number of nitrogens with one attached hydrogen (secondary N) is 2. The number of halogens is 1. The van der Waals surface area contributed by atoms with Gasteiger partial charge in [-0.1, -0.05) is 41.9 Å². The Morgan fingerprint density at radius 2 is 1.80 bits per heavy atom. The summed E-state index contributed by atoms with van der Waals surface area (Å²) < 4.78 is 5.08. The van der Waals surface area contributed by atoms with Crippen LogP contribution in [0, 0.1) is 0 Å². The summed E-state index contributed by atoms with van der Waals surface area (Å²) in [4.78, 5) is 43.4. The highest BCUT2D eigenvalue weighted by Crippen LogP contribution is 2.16. The third-order valence-corrected chi connectivity index (χ3v) is 6.06. The molecule has 0 saturated heterocycles. The molecule has 35 heavy (non-hydrogen) atoms. The predicted molar refractivity (Wildman–Crippen MR) is 137 cm³/mol. The van der Waals surface area contributed by atoms with E-state index in [0.717, 1.165) is 12.0 Å². The minimum absolute atomic E-state index is 0.121. The normalized spacial score (nSPS) is 10.6. The van der Waals surface area contributed by atoms with E-state index in [1.165, 1.54) is 23.3 Å². The van der Waals surface area contributed by atoms with Crippen LogP contribution >= 0.6 is 22.9 Å². The lowest BCUT2D eigenvalue weighted by molar-refractivity contribution is -0.120. The summed E-state index contributed by atoms with van der Waals surface area (Å²) in [5.74, 6) is -0.832. The minimum Gasteiger partial charge on any atom is -0.383 e. The molecule has 8 nitrogen and oxygen atoms in total.